The second kappa shape index (κ2) is 7.02. The molecular formula is C15H26N4O2. The van der Waals surface area contributed by atoms with Crippen LogP contribution in [-0.4, -0.2) is 53.0 Å². The van der Waals surface area contributed by atoms with Crippen LogP contribution >= 0.6 is 0 Å². The molecule has 6 nitrogen and oxygen atoms in total. The van der Waals surface area contributed by atoms with Gasteiger partial charge in [-0.05, 0) is 31.8 Å². The quantitative estimate of drug-likeness (QED) is 0.825. The molecule has 1 amide bonds. The van der Waals surface area contributed by atoms with Crippen LogP contribution in [0.3, 0.4) is 0 Å². The Hall–Kier alpha value is -1.43. The number of hydrogen-bond acceptors (Lipinski definition) is 5. The van der Waals surface area contributed by atoms with Gasteiger partial charge in [0.25, 0.3) is 0 Å². The van der Waals surface area contributed by atoms with Crippen LogP contribution < -0.4 is 0 Å². The summed E-state index contributed by atoms with van der Waals surface area (Å²) in [7, 11) is 3.65. The van der Waals surface area contributed by atoms with Gasteiger partial charge in [-0.3, -0.25) is 9.69 Å². The van der Waals surface area contributed by atoms with Crippen LogP contribution in [0.1, 0.15) is 38.4 Å². The Morgan fingerprint density at radius 2 is 2.05 bits per heavy atom. The third-order valence-electron chi connectivity index (χ3n) is 3.84. The second-order valence-electron chi connectivity index (χ2n) is 6.49. The van der Waals surface area contributed by atoms with Crippen LogP contribution in [0.2, 0.25) is 0 Å². The fraction of sp³-hybridized carbons (Fsp3) is 0.800. The molecule has 1 aliphatic rings. The molecule has 0 saturated carbocycles. The molecule has 0 aliphatic carbocycles. The van der Waals surface area contributed by atoms with Gasteiger partial charge in [-0.25, -0.2) is 0 Å². The van der Waals surface area contributed by atoms with E-state index in [0.29, 0.717) is 18.4 Å². The molecule has 2 rings (SSSR count). The van der Waals surface area contributed by atoms with Crippen molar-refractivity contribution in [3.63, 3.8) is 0 Å². The first-order valence-corrected chi connectivity index (χ1v) is 7.70. The standard InChI is InChI=1S/C15H26N4O2/c1-11(2)9-13-16-14(21-17-13)10-19-7-5-12(6-8-19)15(20)18(3)4/h11-12H,5-10H2,1-4H3. The number of likely N-dealkylation sites (tertiary alicyclic amines) is 1. The van der Waals surface area contributed by atoms with E-state index in [1.165, 1.54) is 0 Å². The number of carbonyl (C=O) groups excluding carboxylic acids is 1. The summed E-state index contributed by atoms with van der Waals surface area (Å²) in [6.07, 6.45) is 2.66. The molecular weight excluding hydrogens is 268 g/mol. The molecule has 1 saturated heterocycles. The van der Waals surface area contributed by atoms with E-state index in [0.717, 1.165) is 38.2 Å². The summed E-state index contributed by atoms with van der Waals surface area (Å²) in [6.45, 7) is 6.79. The van der Waals surface area contributed by atoms with Crippen molar-refractivity contribution in [1.29, 1.82) is 0 Å². The highest BCUT2D eigenvalue weighted by Gasteiger charge is 2.26. The van der Waals surface area contributed by atoms with Gasteiger partial charge in [0, 0.05) is 26.4 Å². The maximum atomic E-state index is 11.9. The van der Waals surface area contributed by atoms with Crippen molar-refractivity contribution in [3.8, 4) is 0 Å². The lowest BCUT2D eigenvalue weighted by Crippen LogP contribution is -2.39. The van der Waals surface area contributed by atoms with Gasteiger partial charge in [0.2, 0.25) is 11.8 Å². The summed E-state index contributed by atoms with van der Waals surface area (Å²) in [6, 6.07) is 0. The highest BCUT2D eigenvalue weighted by molar-refractivity contribution is 5.78. The minimum absolute atomic E-state index is 0.162. The van der Waals surface area contributed by atoms with Crippen LogP contribution in [-0.2, 0) is 17.8 Å². The van der Waals surface area contributed by atoms with Gasteiger partial charge in [0.1, 0.15) is 0 Å². The second-order valence-corrected chi connectivity index (χ2v) is 6.49. The van der Waals surface area contributed by atoms with Crippen LogP contribution in [0.4, 0.5) is 0 Å². The van der Waals surface area contributed by atoms with Gasteiger partial charge in [0.15, 0.2) is 5.82 Å². The minimum atomic E-state index is 0.162. The maximum Gasteiger partial charge on any atom is 0.240 e. The number of rotatable bonds is 5. The normalized spacial score (nSPS) is 17.4. The lowest BCUT2D eigenvalue weighted by Gasteiger charge is -2.31. The van der Waals surface area contributed by atoms with Gasteiger partial charge in [-0.2, -0.15) is 4.98 Å². The molecule has 21 heavy (non-hydrogen) atoms. The molecule has 0 radical (unpaired) electrons. The maximum absolute atomic E-state index is 11.9. The van der Waals surface area contributed by atoms with E-state index in [1.54, 1.807) is 4.90 Å². The Balaban J connectivity index is 1.81. The Labute approximate surface area is 126 Å². The van der Waals surface area contributed by atoms with Crippen molar-refractivity contribution >= 4 is 5.91 Å². The van der Waals surface area contributed by atoms with Crippen LogP contribution in [0, 0.1) is 11.8 Å². The van der Waals surface area contributed by atoms with Crippen molar-refractivity contribution in [3.05, 3.63) is 11.7 Å². The van der Waals surface area contributed by atoms with Gasteiger partial charge in [0.05, 0.1) is 6.54 Å². The van der Waals surface area contributed by atoms with E-state index in [-0.39, 0.29) is 11.8 Å². The SMILES string of the molecule is CC(C)Cc1noc(CN2CCC(C(=O)N(C)C)CC2)n1. The van der Waals surface area contributed by atoms with Gasteiger partial charge in [-0.15, -0.1) is 0 Å². The molecule has 6 heteroatoms. The molecule has 1 aliphatic heterocycles. The summed E-state index contributed by atoms with van der Waals surface area (Å²) in [5.41, 5.74) is 0. The van der Waals surface area contributed by atoms with Crippen LogP contribution in [0.15, 0.2) is 4.52 Å². The molecule has 0 aromatic carbocycles. The third-order valence-corrected chi connectivity index (χ3v) is 3.84. The predicted molar refractivity (Wildman–Crippen MR) is 79.5 cm³/mol. The fourth-order valence-electron chi connectivity index (χ4n) is 2.70. The number of aromatic nitrogens is 2. The van der Waals surface area contributed by atoms with E-state index in [2.05, 4.69) is 28.9 Å². The summed E-state index contributed by atoms with van der Waals surface area (Å²) in [4.78, 5) is 20.3. The first-order valence-electron chi connectivity index (χ1n) is 7.70. The monoisotopic (exact) mass is 294 g/mol. The Bertz CT molecular complexity index is 462. The number of carbonyl (C=O) groups is 1. The number of amides is 1. The first kappa shape index (κ1) is 15.9. The average molecular weight is 294 g/mol. The number of piperidine rings is 1. The third kappa shape index (κ3) is 4.52. The highest BCUT2D eigenvalue weighted by atomic mass is 16.5. The van der Waals surface area contributed by atoms with Gasteiger partial charge < -0.3 is 9.42 Å². The zero-order chi connectivity index (χ0) is 15.4. The summed E-state index contributed by atoms with van der Waals surface area (Å²) < 4.78 is 5.30. The first-order chi connectivity index (χ1) is 9.95. The van der Waals surface area contributed by atoms with E-state index in [1.807, 2.05) is 14.1 Å². The lowest BCUT2D eigenvalue weighted by molar-refractivity contribution is -0.134. The topological polar surface area (TPSA) is 62.5 Å². The Kier molecular flexibility index (Phi) is 5.33. The smallest absolute Gasteiger partial charge is 0.240 e. The predicted octanol–water partition coefficient (Wildman–Crippen LogP) is 1.57. The summed E-state index contributed by atoms with van der Waals surface area (Å²) in [5.74, 6) is 2.41. The largest absolute Gasteiger partial charge is 0.349 e. The molecule has 0 atom stereocenters. The summed E-state index contributed by atoms with van der Waals surface area (Å²) in [5, 5.41) is 4.01. The molecule has 1 aromatic heterocycles. The Morgan fingerprint density at radius 1 is 1.38 bits per heavy atom. The van der Waals surface area contributed by atoms with E-state index in [4.69, 9.17) is 4.52 Å². The minimum Gasteiger partial charge on any atom is -0.349 e. The summed E-state index contributed by atoms with van der Waals surface area (Å²) >= 11 is 0. The molecule has 0 unspecified atom stereocenters. The molecule has 2 heterocycles. The van der Waals surface area contributed by atoms with Crippen molar-refractivity contribution in [2.24, 2.45) is 11.8 Å². The van der Waals surface area contributed by atoms with Crippen LogP contribution in [0.25, 0.3) is 0 Å². The van der Waals surface area contributed by atoms with Crippen molar-refractivity contribution in [2.75, 3.05) is 27.2 Å². The van der Waals surface area contributed by atoms with Crippen molar-refractivity contribution < 1.29 is 9.32 Å². The fourth-order valence-corrected chi connectivity index (χ4v) is 2.70. The van der Waals surface area contributed by atoms with Gasteiger partial charge >= 0.3 is 0 Å². The molecule has 0 spiro atoms. The molecule has 1 aromatic rings. The van der Waals surface area contributed by atoms with E-state index < -0.39 is 0 Å². The van der Waals surface area contributed by atoms with Crippen LogP contribution in [0.5, 0.6) is 0 Å². The zero-order valence-corrected chi connectivity index (χ0v) is 13.5. The van der Waals surface area contributed by atoms with Crippen molar-refractivity contribution in [1.82, 2.24) is 19.9 Å². The lowest BCUT2D eigenvalue weighted by atomic mass is 9.95. The molecule has 0 N–H and O–H groups in total. The van der Waals surface area contributed by atoms with E-state index >= 15 is 0 Å². The van der Waals surface area contributed by atoms with E-state index in [9.17, 15) is 4.79 Å². The highest BCUT2D eigenvalue weighted by Crippen LogP contribution is 2.20. The Morgan fingerprint density at radius 3 is 2.62 bits per heavy atom. The number of nitrogens with zero attached hydrogens (tertiary/aromatic N) is 4. The number of hydrogen-bond donors (Lipinski definition) is 0. The molecule has 118 valence electrons. The average Bonchev–Trinajstić information content (AvgIpc) is 2.85. The molecule has 0 bridgehead atoms. The van der Waals surface area contributed by atoms with Gasteiger partial charge in [-0.1, -0.05) is 19.0 Å². The molecule has 1 fully saturated rings. The zero-order valence-electron chi connectivity index (χ0n) is 13.5. The van der Waals surface area contributed by atoms with Crippen molar-refractivity contribution in [2.45, 2.75) is 39.7 Å².